The van der Waals surface area contributed by atoms with Crippen LogP contribution in [0.3, 0.4) is 0 Å². The number of hydrogen-bond acceptors (Lipinski definition) is 6. The van der Waals surface area contributed by atoms with E-state index >= 15 is 0 Å². The molecule has 0 amide bonds. The van der Waals surface area contributed by atoms with Crippen LogP contribution in [-0.4, -0.2) is 29.3 Å². The van der Waals surface area contributed by atoms with Crippen LogP contribution in [0.1, 0.15) is 24.0 Å². The van der Waals surface area contributed by atoms with Crippen molar-refractivity contribution in [2.75, 3.05) is 18.7 Å². The first-order valence-corrected chi connectivity index (χ1v) is 9.54. The number of carbonyl (C=O) groups is 1. The van der Waals surface area contributed by atoms with Gasteiger partial charge in [-0.2, -0.15) is 0 Å². The lowest BCUT2D eigenvalue weighted by atomic mass is 9.82. The summed E-state index contributed by atoms with van der Waals surface area (Å²) in [6.45, 7) is 1.74. The lowest BCUT2D eigenvalue weighted by molar-refractivity contribution is -0.136. The van der Waals surface area contributed by atoms with Gasteiger partial charge in [0.15, 0.2) is 5.16 Å². The Hall–Kier alpha value is -1.96. The predicted octanol–water partition coefficient (Wildman–Crippen LogP) is 3.80. The Morgan fingerprint density at radius 1 is 1.31 bits per heavy atom. The second-order valence-electron chi connectivity index (χ2n) is 5.60. The molecular formula is C17H15Cl2N3O3S. The minimum Gasteiger partial charge on any atom is -0.466 e. The van der Waals surface area contributed by atoms with Crippen molar-refractivity contribution in [1.82, 2.24) is 9.97 Å². The normalized spacial score (nSPS) is 16.1. The largest absolute Gasteiger partial charge is 0.466 e. The SMILES string of the molecule is COC(=O)C1=C(C)Nc2nc(SC)[nH]c(=O)c2C1c1ccc(Cl)c(Cl)c1. The maximum Gasteiger partial charge on any atom is 0.336 e. The quantitative estimate of drug-likeness (QED) is 0.453. The summed E-state index contributed by atoms with van der Waals surface area (Å²) in [5.74, 6) is -0.815. The summed E-state index contributed by atoms with van der Waals surface area (Å²) in [6, 6.07) is 5.00. The van der Waals surface area contributed by atoms with Crippen LogP contribution in [0, 0.1) is 0 Å². The van der Waals surface area contributed by atoms with Crippen LogP contribution in [-0.2, 0) is 9.53 Å². The summed E-state index contributed by atoms with van der Waals surface area (Å²) < 4.78 is 4.93. The number of hydrogen-bond donors (Lipinski definition) is 2. The average molecular weight is 412 g/mol. The van der Waals surface area contributed by atoms with Crippen LogP contribution in [0.4, 0.5) is 5.82 Å². The van der Waals surface area contributed by atoms with Gasteiger partial charge in [-0.3, -0.25) is 4.79 Å². The number of fused-ring (bicyclic) bond motifs is 1. The number of halogens is 2. The van der Waals surface area contributed by atoms with Crippen molar-refractivity contribution >= 4 is 46.8 Å². The van der Waals surface area contributed by atoms with E-state index in [-0.39, 0.29) is 5.56 Å². The van der Waals surface area contributed by atoms with Crippen molar-refractivity contribution < 1.29 is 9.53 Å². The molecule has 1 aromatic heterocycles. The fourth-order valence-corrected chi connectivity index (χ4v) is 3.62. The number of nitrogens with zero attached hydrogens (tertiary/aromatic N) is 1. The summed E-state index contributed by atoms with van der Waals surface area (Å²) in [6.07, 6.45) is 1.81. The standard InChI is InChI=1S/C17H15Cl2N3O3S/c1-7-11(16(24)25-2)12(8-4-5-9(18)10(19)6-8)13-14(20-7)21-17(26-3)22-15(13)23/h4-6,12H,1-3H3,(H2,20,21,22,23). The maximum atomic E-state index is 12.8. The Morgan fingerprint density at radius 3 is 2.65 bits per heavy atom. The van der Waals surface area contributed by atoms with E-state index in [2.05, 4.69) is 15.3 Å². The topological polar surface area (TPSA) is 84.1 Å². The Balaban J connectivity index is 2.31. The lowest BCUT2D eigenvalue weighted by Gasteiger charge is -2.28. The first-order chi connectivity index (χ1) is 12.4. The highest BCUT2D eigenvalue weighted by Gasteiger charge is 2.36. The highest BCUT2D eigenvalue weighted by Crippen LogP contribution is 2.41. The van der Waals surface area contributed by atoms with Gasteiger partial charge in [0, 0.05) is 5.70 Å². The Bertz CT molecular complexity index is 988. The zero-order valence-corrected chi connectivity index (χ0v) is 16.5. The molecule has 0 radical (unpaired) electrons. The van der Waals surface area contributed by atoms with E-state index in [1.807, 2.05) is 6.26 Å². The number of carbonyl (C=O) groups excluding carboxylic acids is 1. The highest BCUT2D eigenvalue weighted by atomic mass is 35.5. The molecule has 0 saturated carbocycles. The Kier molecular flexibility index (Phi) is 5.32. The van der Waals surface area contributed by atoms with Crippen molar-refractivity contribution in [2.24, 2.45) is 0 Å². The van der Waals surface area contributed by atoms with Gasteiger partial charge in [0.25, 0.3) is 5.56 Å². The fraction of sp³-hybridized carbons (Fsp3) is 0.235. The Labute approximate surface area is 164 Å². The molecule has 0 bridgehead atoms. The van der Waals surface area contributed by atoms with Gasteiger partial charge in [0.05, 0.1) is 34.2 Å². The first kappa shape index (κ1) is 18.8. The third-order valence-electron chi connectivity index (χ3n) is 4.10. The molecule has 26 heavy (non-hydrogen) atoms. The molecule has 136 valence electrons. The molecule has 9 heteroatoms. The monoisotopic (exact) mass is 411 g/mol. The molecule has 0 spiro atoms. The minimum absolute atomic E-state index is 0.322. The number of rotatable bonds is 3. The van der Waals surface area contributed by atoms with Gasteiger partial charge in [-0.15, -0.1) is 0 Å². The second-order valence-corrected chi connectivity index (χ2v) is 7.21. The van der Waals surface area contributed by atoms with E-state index in [1.165, 1.54) is 18.9 Å². The molecule has 1 aromatic carbocycles. The van der Waals surface area contributed by atoms with Crippen molar-refractivity contribution in [3.05, 3.63) is 61.0 Å². The molecule has 1 aliphatic rings. The molecule has 3 rings (SSSR count). The molecule has 2 N–H and O–H groups in total. The molecule has 2 heterocycles. The first-order valence-electron chi connectivity index (χ1n) is 7.56. The summed E-state index contributed by atoms with van der Waals surface area (Å²) in [7, 11) is 1.29. The molecule has 2 aromatic rings. The van der Waals surface area contributed by atoms with Gasteiger partial charge < -0.3 is 15.0 Å². The van der Waals surface area contributed by atoms with E-state index in [1.54, 1.807) is 25.1 Å². The number of thioether (sulfide) groups is 1. The maximum absolute atomic E-state index is 12.8. The van der Waals surface area contributed by atoms with E-state index in [4.69, 9.17) is 27.9 Å². The van der Waals surface area contributed by atoms with Crippen molar-refractivity contribution in [3.63, 3.8) is 0 Å². The number of aromatic amines is 1. The zero-order chi connectivity index (χ0) is 19.0. The molecule has 0 saturated heterocycles. The van der Waals surface area contributed by atoms with Crippen LogP contribution in [0.2, 0.25) is 10.0 Å². The fourth-order valence-electron chi connectivity index (χ4n) is 2.93. The average Bonchev–Trinajstić information content (AvgIpc) is 2.62. The van der Waals surface area contributed by atoms with E-state index in [0.717, 1.165) is 0 Å². The third-order valence-corrected chi connectivity index (χ3v) is 5.42. The van der Waals surface area contributed by atoms with E-state index in [0.29, 0.717) is 43.4 Å². The number of aromatic nitrogens is 2. The van der Waals surface area contributed by atoms with Gasteiger partial charge >= 0.3 is 5.97 Å². The van der Waals surface area contributed by atoms with Gasteiger partial charge in [-0.25, -0.2) is 9.78 Å². The number of ether oxygens (including phenoxy) is 1. The molecular weight excluding hydrogens is 397 g/mol. The van der Waals surface area contributed by atoms with Gasteiger partial charge in [0.2, 0.25) is 0 Å². The highest BCUT2D eigenvalue weighted by molar-refractivity contribution is 7.98. The number of methoxy groups -OCH3 is 1. The van der Waals surface area contributed by atoms with Crippen LogP contribution in [0.15, 0.2) is 39.4 Å². The second kappa shape index (κ2) is 7.34. The smallest absolute Gasteiger partial charge is 0.336 e. The van der Waals surface area contributed by atoms with Crippen LogP contribution >= 0.6 is 35.0 Å². The van der Waals surface area contributed by atoms with Crippen molar-refractivity contribution in [3.8, 4) is 0 Å². The number of anilines is 1. The number of allylic oxidation sites excluding steroid dienone is 1. The zero-order valence-electron chi connectivity index (χ0n) is 14.1. The molecule has 1 unspecified atom stereocenters. The lowest BCUT2D eigenvalue weighted by Crippen LogP contribution is -2.30. The van der Waals surface area contributed by atoms with Crippen LogP contribution < -0.4 is 10.9 Å². The Morgan fingerprint density at radius 2 is 2.04 bits per heavy atom. The number of H-pyrrole nitrogens is 1. The van der Waals surface area contributed by atoms with E-state index < -0.39 is 11.9 Å². The number of nitrogens with one attached hydrogen (secondary N) is 2. The molecule has 1 atom stereocenters. The minimum atomic E-state index is -0.680. The third kappa shape index (κ3) is 3.22. The van der Waals surface area contributed by atoms with Crippen LogP contribution in [0.5, 0.6) is 0 Å². The molecule has 0 fully saturated rings. The van der Waals surface area contributed by atoms with E-state index in [9.17, 15) is 9.59 Å². The summed E-state index contributed by atoms with van der Waals surface area (Å²) >= 11 is 13.5. The van der Waals surface area contributed by atoms with Gasteiger partial charge in [0.1, 0.15) is 5.82 Å². The van der Waals surface area contributed by atoms with Crippen molar-refractivity contribution in [2.45, 2.75) is 18.0 Å². The molecule has 1 aliphatic heterocycles. The van der Waals surface area contributed by atoms with Gasteiger partial charge in [-0.05, 0) is 30.9 Å². The number of esters is 1. The summed E-state index contributed by atoms with van der Waals surface area (Å²) in [5, 5.41) is 4.23. The summed E-state index contributed by atoms with van der Waals surface area (Å²) in [5.41, 5.74) is 1.52. The van der Waals surface area contributed by atoms with Gasteiger partial charge in [-0.1, -0.05) is 41.0 Å². The molecule has 6 nitrogen and oxygen atoms in total. The van der Waals surface area contributed by atoms with Crippen LogP contribution in [0.25, 0.3) is 0 Å². The summed E-state index contributed by atoms with van der Waals surface area (Å²) in [4.78, 5) is 32.4. The predicted molar refractivity (Wildman–Crippen MR) is 103 cm³/mol. The number of benzene rings is 1. The van der Waals surface area contributed by atoms with Crippen molar-refractivity contribution in [1.29, 1.82) is 0 Å². The molecule has 0 aliphatic carbocycles.